The number of rotatable bonds is 2. The van der Waals surface area contributed by atoms with Crippen molar-refractivity contribution < 1.29 is 5.11 Å². The molecule has 4 heteroatoms. The van der Waals surface area contributed by atoms with Crippen LogP contribution >= 0.6 is 0 Å². The van der Waals surface area contributed by atoms with Crippen LogP contribution in [0.2, 0.25) is 0 Å². The Labute approximate surface area is 103 Å². The molecule has 4 nitrogen and oxygen atoms in total. The molecule has 0 aliphatic rings. The van der Waals surface area contributed by atoms with Crippen LogP contribution < -0.4 is 5.69 Å². The number of phenols is 1. The van der Waals surface area contributed by atoms with Gasteiger partial charge < -0.3 is 10.1 Å². The Morgan fingerprint density at radius 2 is 1.78 bits per heavy atom. The number of aromatic nitrogens is 2. The fourth-order valence-electron chi connectivity index (χ4n) is 2.05. The zero-order valence-corrected chi connectivity index (χ0v) is 9.63. The summed E-state index contributed by atoms with van der Waals surface area (Å²) in [4.78, 5) is 14.7. The van der Waals surface area contributed by atoms with Gasteiger partial charge in [-0.3, -0.25) is 4.57 Å². The number of nitrogens with zero attached hydrogens (tertiary/aromatic N) is 1. The van der Waals surface area contributed by atoms with Crippen LogP contribution in [0.3, 0.4) is 0 Å². The van der Waals surface area contributed by atoms with Crippen molar-refractivity contribution in [2.24, 2.45) is 0 Å². The standard InChI is InChI=1S/C14H12N2O2/c17-11-7-5-10(6-8-11)9-16-13-4-2-1-3-12(13)15-14(16)18/h1-8,17H,9H2,(H,15,18). The third kappa shape index (κ3) is 1.78. The van der Waals surface area contributed by atoms with Crippen LogP contribution in [0.4, 0.5) is 0 Å². The predicted octanol–water partition coefficient (Wildman–Crippen LogP) is 2.08. The molecule has 0 saturated heterocycles. The van der Waals surface area contributed by atoms with Crippen molar-refractivity contribution in [2.75, 3.05) is 0 Å². The fraction of sp³-hybridized carbons (Fsp3) is 0.0714. The van der Waals surface area contributed by atoms with Crippen molar-refractivity contribution in [1.29, 1.82) is 0 Å². The number of H-pyrrole nitrogens is 1. The van der Waals surface area contributed by atoms with Gasteiger partial charge in [0.05, 0.1) is 17.6 Å². The average molecular weight is 240 g/mol. The summed E-state index contributed by atoms with van der Waals surface area (Å²) in [6, 6.07) is 14.4. The maximum atomic E-state index is 11.9. The molecule has 0 amide bonds. The fourth-order valence-corrected chi connectivity index (χ4v) is 2.05. The van der Waals surface area contributed by atoms with Crippen LogP contribution in [0.5, 0.6) is 5.75 Å². The van der Waals surface area contributed by atoms with E-state index in [4.69, 9.17) is 0 Å². The highest BCUT2D eigenvalue weighted by atomic mass is 16.3. The lowest BCUT2D eigenvalue weighted by molar-refractivity contribution is 0.475. The van der Waals surface area contributed by atoms with Crippen molar-refractivity contribution in [3.63, 3.8) is 0 Å². The van der Waals surface area contributed by atoms with Crippen molar-refractivity contribution in [3.8, 4) is 5.75 Å². The summed E-state index contributed by atoms with van der Waals surface area (Å²) in [5.74, 6) is 0.227. The van der Waals surface area contributed by atoms with E-state index in [0.29, 0.717) is 6.54 Å². The number of aromatic hydroxyl groups is 1. The van der Waals surface area contributed by atoms with Crippen molar-refractivity contribution in [1.82, 2.24) is 9.55 Å². The first-order valence-electron chi connectivity index (χ1n) is 5.69. The number of fused-ring (bicyclic) bond motifs is 1. The minimum atomic E-state index is -0.121. The molecule has 2 aromatic carbocycles. The third-order valence-corrected chi connectivity index (χ3v) is 2.96. The second-order valence-corrected chi connectivity index (χ2v) is 4.20. The van der Waals surface area contributed by atoms with Gasteiger partial charge >= 0.3 is 5.69 Å². The minimum Gasteiger partial charge on any atom is -0.508 e. The Bertz CT molecular complexity index is 738. The lowest BCUT2D eigenvalue weighted by Crippen LogP contribution is -2.17. The van der Waals surface area contributed by atoms with Crippen molar-refractivity contribution in [3.05, 3.63) is 64.6 Å². The molecule has 3 aromatic rings. The van der Waals surface area contributed by atoms with Crippen molar-refractivity contribution in [2.45, 2.75) is 6.54 Å². The average Bonchev–Trinajstić information content (AvgIpc) is 2.69. The van der Waals surface area contributed by atoms with E-state index in [2.05, 4.69) is 4.98 Å². The molecule has 0 fully saturated rings. The first-order chi connectivity index (χ1) is 8.74. The normalized spacial score (nSPS) is 10.9. The number of imidazole rings is 1. The van der Waals surface area contributed by atoms with E-state index in [9.17, 15) is 9.90 Å². The first kappa shape index (κ1) is 10.7. The van der Waals surface area contributed by atoms with Gasteiger partial charge in [0, 0.05) is 0 Å². The zero-order valence-electron chi connectivity index (χ0n) is 9.63. The quantitative estimate of drug-likeness (QED) is 0.720. The van der Waals surface area contributed by atoms with Gasteiger partial charge in [0.1, 0.15) is 5.75 Å². The van der Waals surface area contributed by atoms with Gasteiger partial charge in [0.25, 0.3) is 0 Å². The summed E-state index contributed by atoms with van der Waals surface area (Å²) in [5.41, 5.74) is 2.57. The van der Waals surface area contributed by atoms with Crippen LogP contribution in [0.15, 0.2) is 53.3 Å². The maximum absolute atomic E-state index is 11.9. The highest BCUT2D eigenvalue weighted by molar-refractivity contribution is 5.75. The van der Waals surface area contributed by atoms with Crippen LogP contribution in [-0.2, 0) is 6.54 Å². The molecule has 0 bridgehead atoms. The molecular formula is C14H12N2O2. The van der Waals surface area contributed by atoms with E-state index < -0.39 is 0 Å². The summed E-state index contributed by atoms with van der Waals surface area (Å²) in [5, 5.41) is 9.23. The van der Waals surface area contributed by atoms with E-state index >= 15 is 0 Å². The highest BCUT2D eigenvalue weighted by Gasteiger charge is 2.06. The van der Waals surface area contributed by atoms with Crippen LogP contribution in [-0.4, -0.2) is 14.7 Å². The molecule has 0 unspecified atom stereocenters. The Kier molecular flexibility index (Phi) is 2.41. The molecule has 0 radical (unpaired) electrons. The first-order valence-corrected chi connectivity index (χ1v) is 5.69. The third-order valence-electron chi connectivity index (χ3n) is 2.96. The van der Waals surface area contributed by atoms with E-state index in [1.54, 1.807) is 16.7 Å². The van der Waals surface area contributed by atoms with Gasteiger partial charge in [0.2, 0.25) is 0 Å². The summed E-state index contributed by atoms with van der Waals surface area (Å²) in [6.07, 6.45) is 0. The second-order valence-electron chi connectivity index (χ2n) is 4.20. The topological polar surface area (TPSA) is 58.0 Å². The number of para-hydroxylation sites is 2. The predicted molar refractivity (Wildman–Crippen MR) is 69.8 cm³/mol. The summed E-state index contributed by atoms with van der Waals surface area (Å²) >= 11 is 0. The molecule has 1 heterocycles. The minimum absolute atomic E-state index is 0.121. The van der Waals surface area contributed by atoms with E-state index in [1.165, 1.54) is 0 Å². The van der Waals surface area contributed by atoms with Gasteiger partial charge in [-0.15, -0.1) is 0 Å². The van der Waals surface area contributed by atoms with Crippen molar-refractivity contribution >= 4 is 11.0 Å². The monoisotopic (exact) mass is 240 g/mol. The summed E-state index contributed by atoms with van der Waals surface area (Å²) in [7, 11) is 0. The number of nitrogens with one attached hydrogen (secondary N) is 1. The zero-order chi connectivity index (χ0) is 12.5. The van der Waals surface area contributed by atoms with Gasteiger partial charge in [0.15, 0.2) is 0 Å². The lowest BCUT2D eigenvalue weighted by Gasteiger charge is -2.03. The summed E-state index contributed by atoms with van der Waals surface area (Å²) < 4.78 is 1.68. The molecule has 1 aromatic heterocycles. The molecule has 0 saturated carbocycles. The molecule has 2 N–H and O–H groups in total. The molecule has 90 valence electrons. The van der Waals surface area contributed by atoms with E-state index in [1.807, 2.05) is 36.4 Å². The highest BCUT2D eigenvalue weighted by Crippen LogP contribution is 2.13. The number of aromatic amines is 1. The molecule has 0 aliphatic carbocycles. The Balaban J connectivity index is 2.07. The summed E-state index contributed by atoms with van der Waals surface area (Å²) in [6.45, 7) is 0.489. The van der Waals surface area contributed by atoms with Crippen LogP contribution in [0, 0.1) is 0 Å². The lowest BCUT2D eigenvalue weighted by atomic mass is 10.2. The maximum Gasteiger partial charge on any atom is 0.326 e. The Morgan fingerprint density at radius 3 is 2.56 bits per heavy atom. The molecule has 0 aliphatic heterocycles. The molecule has 0 spiro atoms. The van der Waals surface area contributed by atoms with Crippen LogP contribution in [0.1, 0.15) is 5.56 Å². The largest absolute Gasteiger partial charge is 0.508 e. The SMILES string of the molecule is O=c1[nH]c2ccccc2n1Cc1ccc(O)cc1. The molecular weight excluding hydrogens is 228 g/mol. The van der Waals surface area contributed by atoms with Gasteiger partial charge in [-0.25, -0.2) is 4.79 Å². The number of hydrogen-bond donors (Lipinski definition) is 2. The molecule has 0 atom stereocenters. The smallest absolute Gasteiger partial charge is 0.326 e. The number of benzene rings is 2. The second kappa shape index (κ2) is 4.07. The number of hydrogen-bond acceptors (Lipinski definition) is 2. The van der Waals surface area contributed by atoms with Gasteiger partial charge in [-0.05, 0) is 29.8 Å². The Morgan fingerprint density at radius 1 is 1.06 bits per heavy atom. The molecule has 3 rings (SSSR count). The molecule has 18 heavy (non-hydrogen) atoms. The van der Waals surface area contributed by atoms with E-state index in [0.717, 1.165) is 16.6 Å². The van der Waals surface area contributed by atoms with Crippen LogP contribution in [0.25, 0.3) is 11.0 Å². The number of phenolic OH excluding ortho intramolecular Hbond substituents is 1. The van der Waals surface area contributed by atoms with Gasteiger partial charge in [-0.2, -0.15) is 0 Å². The van der Waals surface area contributed by atoms with Gasteiger partial charge in [-0.1, -0.05) is 24.3 Å². The van der Waals surface area contributed by atoms with E-state index in [-0.39, 0.29) is 11.4 Å². The Hall–Kier alpha value is -2.49.